The quantitative estimate of drug-likeness (QED) is 0.513. The van der Waals surface area contributed by atoms with Crippen molar-refractivity contribution < 1.29 is 27.5 Å². The molecule has 5 nitrogen and oxygen atoms in total. The predicted octanol–water partition coefficient (Wildman–Crippen LogP) is 5.63. The maximum Gasteiger partial charge on any atom is 0.418 e. The zero-order chi connectivity index (χ0) is 22.4. The number of alkyl halides is 3. The highest BCUT2D eigenvalue weighted by molar-refractivity contribution is 6.34. The van der Waals surface area contributed by atoms with E-state index in [1.807, 2.05) is 0 Å². The van der Waals surface area contributed by atoms with Gasteiger partial charge >= 0.3 is 6.18 Å². The number of anilines is 2. The first kappa shape index (κ1) is 22.2. The van der Waals surface area contributed by atoms with Gasteiger partial charge < -0.3 is 15.4 Å². The smallest absolute Gasteiger partial charge is 0.418 e. The second-order valence-corrected chi connectivity index (χ2v) is 6.72. The number of halogens is 4. The summed E-state index contributed by atoms with van der Waals surface area (Å²) in [6, 6.07) is 18.1. The molecule has 2 N–H and O–H groups in total. The third kappa shape index (κ3) is 5.76. The number of carbonyl (C=O) groups excluding carboxylic acids is 2. The van der Waals surface area contributed by atoms with Gasteiger partial charge in [0.15, 0.2) is 6.61 Å². The normalized spacial score (nSPS) is 11.0. The predicted molar refractivity (Wildman–Crippen MR) is 111 cm³/mol. The van der Waals surface area contributed by atoms with E-state index < -0.39 is 35.8 Å². The summed E-state index contributed by atoms with van der Waals surface area (Å²) in [5.41, 5.74) is -0.900. The van der Waals surface area contributed by atoms with E-state index in [4.69, 9.17) is 16.3 Å². The van der Waals surface area contributed by atoms with Gasteiger partial charge in [-0.25, -0.2) is 0 Å². The lowest BCUT2D eigenvalue weighted by Crippen LogP contribution is -2.23. The molecular formula is C22H16ClF3N2O3. The minimum Gasteiger partial charge on any atom is -0.483 e. The Hall–Kier alpha value is -3.52. The molecule has 0 radical (unpaired) electrons. The van der Waals surface area contributed by atoms with Gasteiger partial charge in [-0.1, -0.05) is 48.0 Å². The van der Waals surface area contributed by atoms with Crippen LogP contribution in [0.3, 0.4) is 0 Å². The van der Waals surface area contributed by atoms with Crippen molar-refractivity contribution in [2.24, 2.45) is 0 Å². The molecule has 0 heterocycles. The maximum absolute atomic E-state index is 13.2. The number of carbonyl (C=O) groups is 2. The lowest BCUT2D eigenvalue weighted by atomic mass is 10.1. The Balaban J connectivity index is 1.70. The van der Waals surface area contributed by atoms with E-state index in [1.165, 1.54) is 18.2 Å². The number of ether oxygens (including phenoxy) is 1. The number of nitrogens with one attached hydrogen (secondary N) is 2. The zero-order valence-corrected chi connectivity index (χ0v) is 16.6. The van der Waals surface area contributed by atoms with Crippen molar-refractivity contribution in [2.45, 2.75) is 6.18 Å². The first-order chi connectivity index (χ1) is 14.8. The molecule has 0 spiro atoms. The Morgan fingerprint density at radius 1 is 0.871 bits per heavy atom. The minimum absolute atomic E-state index is 0.0984. The molecular weight excluding hydrogens is 433 g/mol. The summed E-state index contributed by atoms with van der Waals surface area (Å²) in [5, 5.41) is 4.56. The molecule has 0 saturated heterocycles. The van der Waals surface area contributed by atoms with Crippen molar-refractivity contribution in [3.8, 4) is 5.75 Å². The molecule has 0 aliphatic rings. The van der Waals surface area contributed by atoms with Gasteiger partial charge in [0, 0.05) is 5.69 Å². The van der Waals surface area contributed by atoms with Gasteiger partial charge in [-0.2, -0.15) is 13.2 Å². The van der Waals surface area contributed by atoms with Crippen LogP contribution in [0.15, 0.2) is 72.8 Å². The van der Waals surface area contributed by atoms with Crippen LogP contribution in [0.25, 0.3) is 0 Å². The van der Waals surface area contributed by atoms with Gasteiger partial charge in [0.25, 0.3) is 11.8 Å². The summed E-state index contributed by atoms with van der Waals surface area (Å²) < 4.78 is 44.9. The largest absolute Gasteiger partial charge is 0.483 e. The average Bonchev–Trinajstić information content (AvgIpc) is 2.74. The van der Waals surface area contributed by atoms with Gasteiger partial charge in [-0.3, -0.25) is 9.59 Å². The Labute approximate surface area is 180 Å². The molecule has 0 aliphatic carbocycles. The van der Waals surface area contributed by atoms with E-state index in [0.717, 1.165) is 12.1 Å². The van der Waals surface area contributed by atoms with Crippen LogP contribution in [0.4, 0.5) is 24.5 Å². The molecule has 0 aliphatic heterocycles. The Morgan fingerprint density at radius 2 is 1.55 bits per heavy atom. The molecule has 3 aromatic rings. The fourth-order valence-corrected chi connectivity index (χ4v) is 2.93. The first-order valence-corrected chi connectivity index (χ1v) is 9.37. The van der Waals surface area contributed by atoms with Crippen LogP contribution in [0, 0.1) is 0 Å². The summed E-state index contributed by atoms with van der Waals surface area (Å²) >= 11 is 5.83. The molecule has 2 amide bonds. The maximum atomic E-state index is 13.2. The van der Waals surface area contributed by atoms with Crippen LogP contribution in [0.5, 0.6) is 5.75 Å². The van der Waals surface area contributed by atoms with Gasteiger partial charge in [-0.15, -0.1) is 0 Å². The molecule has 0 saturated carbocycles. The number of para-hydroxylation sites is 3. The number of benzene rings is 3. The molecule has 31 heavy (non-hydrogen) atoms. The second kappa shape index (κ2) is 9.53. The molecule has 0 bridgehead atoms. The van der Waals surface area contributed by atoms with E-state index in [9.17, 15) is 22.8 Å². The summed E-state index contributed by atoms with van der Waals surface area (Å²) in [7, 11) is 0. The van der Waals surface area contributed by atoms with Crippen molar-refractivity contribution in [2.75, 3.05) is 17.2 Å². The fourth-order valence-electron chi connectivity index (χ4n) is 2.71. The van der Waals surface area contributed by atoms with Crippen LogP contribution < -0.4 is 15.4 Å². The summed E-state index contributed by atoms with van der Waals surface area (Å²) in [6.45, 7) is -0.627. The number of rotatable bonds is 6. The molecule has 9 heteroatoms. The average molecular weight is 449 g/mol. The standard InChI is InChI=1S/C22H16ClF3N2O3/c23-17-11-6-10-16(22(24,25)26)20(17)28-19(29)13-31-18-12-5-4-9-15(18)21(30)27-14-7-2-1-3-8-14/h1-12H,13H2,(H,27,30)(H,28,29). The van der Waals surface area contributed by atoms with Crippen LogP contribution in [-0.2, 0) is 11.0 Å². The summed E-state index contributed by atoms with van der Waals surface area (Å²) in [6.07, 6.45) is -4.70. The summed E-state index contributed by atoms with van der Waals surface area (Å²) in [4.78, 5) is 24.8. The van der Waals surface area contributed by atoms with E-state index in [1.54, 1.807) is 42.5 Å². The first-order valence-electron chi connectivity index (χ1n) is 8.99. The third-order valence-corrected chi connectivity index (χ3v) is 4.42. The number of amides is 2. The van der Waals surface area contributed by atoms with Crippen molar-refractivity contribution in [3.05, 3.63) is 88.9 Å². The molecule has 0 atom stereocenters. The Morgan fingerprint density at radius 3 is 2.26 bits per heavy atom. The van der Waals surface area contributed by atoms with E-state index in [0.29, 0.717) is 5.69 Å². The molecule has 0 aromatic heterocycles. The highest BCUT2D eigenvalue weighted by atomic mass is 35.5. The Bertz CT molecular complexity index is 1090. The van der Waals surface area contributed by atoms with Crippen LogP contribution >= 0.6 is 11.6 Å². The highest BCUT2D eigenvalue weighted by Crippen LogP contribution is 2.38. The van der Waals surface area contributed by atoms with Gasteiger partial charge in [0.05, 0.1) is 21.8 Å². The minimum atomic E-state index is -4.70. The zero-order valence-electron chi connectivity index (χ0n) is 15.9. The SMILES string of the molecule is O=C(COc1ccccc1C(=O)Nc1ccccc1)Nc1c(Cl)cccc1C(F)(F)F. The molecule has 0 fully saturated rings. The van der Waals surface area contributed by atoms with Gasteiger partial charge in [-0.05, 0) is 36.4 Å². The van der Waals surface area contributed by atoms with Crippen molar-refractivity contribution in [3.63, 3.8) is 0 Å². The van der Waals surface area contributed by atoms with Crippen molar-refractivity contribution in [1.29, 1.82) is 0 Å². The van der Waals surface area contributed by atoms with Crippen LogP contribution in [-0.4, -0.2) is 18.4 Å². The van der Waals surface area contributed by atoms with E-state index >= 15 is 0 Å². The number of hydrogen-bond acceptors (Lipinski definition) is 3. The monoisotopic (exact) mass is 448 g/mol. The molecule has 160 valence electrons. The Kier molecular flexibility index (Phi) is 6.81. The molecule has 3 aromatic carbocycles. The van der Waals surface area contributed by atoms with E-state index in [2.05, 4.69) is 10.6 Å². The third-order valence-electron chi connectivity index (χ3n) is 4.11. The summed E-state index contributed by atoms with van der Waals surface area (Å²) in [5.74, 6) is -1.23. The van der Waals surface area contributed by atoms with Crippen LogP contribution in [0.2, 0.25) is 5.02 Å². The second-order valence-electron chi connectivity index (χ2n) is 6.31. The molecule has 3 rings (SSSR count). The fraction of sp³-hybridized carbons (Fsp3) is 0.0909. The van der Waals surface area contributed by atoms with Crippen molar-refractivity contribution >= 4 is 34.8 Å². The lowest BCUT2D eigenvalue weighted by Gasteiger charge is -2.16. The van der Waals surface area contributed by atoms with Gasteiger partial charge in [0.1, 0.15) is 5.75 Å². The van der Waals surface area contributed by atoms with Crippen molar-refractivity contribution in [1.82, 2.24) is 0 Å². The highest BCUT2D eigenvalue weighted by Gasteiger charge is 2.34. The van der Waals surface area contributed by atoms with E-state index in [-0.39, 0.29) is 16.3 Å². The van der Waals surface area contributed by atoms with Crippen LogP contribution in [0.1, 0.15) is 15.9 Å². The lowest BCUT2D eigenvalue weighted by molar-refractivity contribution is -0.137. The molecule has 0 unspecified atom stereocenters. The topological polar surface area (TPSA) is 67.4 Å². The number of hydrogen-bond donors (Lipinski definition) is 2. The van der Waals surface area contributed by atoms with Gasteiger partial charge in [0.2, 0.25) is 0 Å².